The zero-order valence-corrected chi connectivity index (χ0v) is 20.4. The van der Waals surface area contributed by atoms with Crippen molar-refractivity contribution in [2.24, 2.45) is 0 Å². The molecule has 180 valence electrons. The van der Waals surface area contributed by atoms with Crippen molar-refractivity contribution in [1.82, 2.24) is 10.3 Å². The first-order chi connectivity index (χ1) is 16.9. The number of nitrogens with one attached hydrogen (secondary N) is 2. The number of carbonyl (C=O) groups is 2. The molecule has 2 N–H and O–H groups in total. The van der Waals surface area contributed by atoms with Crippen molar-refractivity contribution in [2.75, 3.05) is 24.3 Å². The maximum atomic E-state index is 13.0. The number of benzene rings is 2. The minimum Gasteiger partial charge on any atom is -0.457 e. The smallest absolute Gasteiger partial charge is 0.251 e. The number of hydrogen-bond acceptors (Lipinski definition) is 5. The van der Waals surface area contributed by atoms with E-state index in [4.69, 9.17) is 4.74 Å². The second kappa shape index (κ2) is 9.41. The predicted molar refractivity (Wildman–Crippen MR) is 136 cm³/mol. The fourth-order valence-corrected chi connectivity index (χ4v) is 4.82. The van der Waals surface area contributed by atoms with Crippen molar-refractivity contribution in [3.63, 3.8) is 0 Å². The van der Waals surface area contributed by atoms with E-state index in [2.05, 4.69) is 33.8 Å². The molecule has 2 aliphatic rings. The molecule has 7 heteroatoms. The quantitative estimate of drug-likeness (QED) is 0.577. The average Bonchev–Trinajstić information content (AvgIpc) is 2.83. The first-order valence-electron chi connectivity index (χ1n) is 12.0. The summed E-state index contributed by atoms with van der Waals surface area (Å²) in [7, 11) is 3.96. The van der Waals surface area contributed by atoms with E-state index in [1.54, 1.807) is 6.20 Å². The van der Waals surface area contributed by atoms with Gasteiger partial charge < -0.3 is 20.3 Å². The van der Waals surface area contributed by atoms with E-state index >= 15 is 0 Å². The zero-order valence-electron chi connectivity index (χ0n) is 20.4. The number of carbonyl (C=O) groups excluding carboxylic acids is 2. The number of rotatable bonds is 5. The Kier molecular flexibility index (Phi) is 6.16. The third kappa shape index (κ3) is 4.99. The van der Waals surface area contributed by atoms with Crippen LogP contribution in [0.3, 0.4) is 0 Å². The van der Waals surface area contributed by atoms with Crippen LogP contribution in [0.4, 0.5) is 11.5 Å². The van der Waals surface area contributed by atoms with Gasteiger partial charge in [0.2, 0.25) is 5.91 Å². The molecule has 2 heterocycles. The molecule has 1 atom stereocenters. The molecule has 35 heavy (non-hydrogen) atoms. The van der Waals surface area contributed by atoms with Crippen LogP contribution < -0.4 is 20.3 Å². The van der Waals surface area contributed by atoms with Crippen LogP contribution in [0.2, 0.25) is 0 Å². The van der Waals surface area contributed by atoms with E-state index < -0.39 is 0 Å². The van der Waals surface area contributed by atoms with Crippen molar-refractivity contribution in [3.05, 3.63) is 76.5 Å². The van der Waals surface area contributed by atoms with Crippen LogP contribution in [0.5, 0.6) is 11.5 Å². The lowest BCUT2D eigenvalue weighted by molar-refractivity contribution is -0.116. The van der Waals surface area contributed by atoms with Gasteiger partial charge >= 0.3 is 0 Å². The van der Waals surface area contributed by atoms with Crippen LogP contribution in [0.15, 0.2) is 48.7 Å². The van der Waals surface area contributed by atoms with Crippen LogP contribution in [0.25, 0.3) is 0 Å². The zero-order chi connectivity index (χ0) is 24.5. The van der Waals surface area contributed by atoms with Gasteiger partial charge in [0.25, 0.3) is 5.91 Å². The second-order valence-corrected chi connectivity index (χ2v) is 9.58. The number of nitrogens with zero attached hydrogens (tertiary/aromatic N) is 2. The number of amides is 2. The molecule has 2 amide bonds. The molecular weight excluding hydrogens is 440 g/mol. The van der Waals surface area contributed by atoms with Gasteiger partial charge in [-0.05, 0) is 85.7 Å². The Balaban J connectivity index is 1.30. The van der Waals surface area contributed by atoms with Crippen molar-refractivity contribution >= 4 is 23.3 Å². The fourth-order valence-electron chi connectivity index (χ4n) is 4.82. The molecule has 0 fully saturated rings. The summed E-state index contributed by atoms with van der Waals surface area (Å²) in [5.41, 5.74) is 6.17. The first-order valence-corrected chi connectivity index (χ1v) is 12.0. The predicted octanol–water partition coefficient (Wildman–Crippen LogP) is 4.42. The molecule has 7 nitrogen and oxygen atoms in total. The summed E-state index contributed by atoms with van der Waals surface area (Å²) < 4.78 is 6.23. The summed E-state index contributed by atoms with van der Waals surface area (Å²) in [6.45, 7) is 2.01. The SMILES string of the molecule is Cc1cc(C(=O)N[C@@H]2CCc3ccc(Oc4ccnc5c4CCC(=O)N5)cc3C2)cc(N(C)C)c1. The topological polar surface area (TPSA) is 83.6 Å². The highest BCUT2D eigenvalue weighted by atomic mass is 16.5. The van der Waals surface area contributed by atoms with Gasteiger partial charge in [0.1, 0.15) is 17.3 Å². The molecule has 0 saturated heterocycles. The lowest BCUT2D eigenvalue weighted by Crippen LogP contribution is -2.38. The van der Waals surface area contributed by atoms with Crippen LogP contribution in [-0.2, 0) is 24.1 Å². The van der Waals surface area contributed by atoms with Gasteiger partial charge in [0, 0.05) is 49.6 Å². The average molecular weight is 471 g/mol. The molecule has 0 bridgehead atoms. The van der Waals surface area contributed by atoms with E-state index in [1.807, 2.05) is 50.2 Å². The molecule has 3 aromatic rings. The number of ether oxygens (including phenoxy) is 1. The summed E-state index contributed by atoms with van der Waals surface area (Å²) in [5.74, 6) is 1.98. The standard InChI is InChI=1S/C28H30N4O3/c1-17-12-20(15-22(13-17)32(2)3)28(34)30-21-6-4-18-5-7-23(16-19(18)14-21)35-25-10-11-29-27-24(25)8-9-26(33)31-27/h5,7,10-13,15-16,21H,4,6,8-9,14H2,1-3H3,(H,30,34)(H,29,31,33)/t21-/m1/s1. The van der Waals surface area contributed by atoms with Gasteiger partial charge in [-0.1, -0.05) is 6.07 Å². The molecule has 2 aromatic carbocycles. The summed E-state index contributed by atoms with van der Waals surface area (Å²) in [6, 6.07) is 14.0. The number of fused-ring (bicyclic) bond motifs is 2. The Morgan fingerprint density at radius 2 is 1.94 bits per heavy atom. The number of anilines is 2. The summed E-state index contributed by atoms with van der Waals surface area (Å²) in [6.07, 6.45) is 5.26. The summed E-state index contributed by atoms with van der Waals surface area (Å²) in [5, 5.41) is 6.05. The van der Waals surface area contributed by atoms with E-state index in [9.17, 15) is 9.59 Å². The van der Waals surface area contributed by atoms with Crippen molar-refractivity contribution in [2.45, 2.75) is 45.1 Å². The van der Waals surface area contributed by atoms with Crippen LogP contribution in [0, 0.1) is 6.92 Å². The van der Waals surface area contributed by atoms with Gasteiger partial charge in [0.15, 0.2) is 0 Å². The fraction of sp³-hybridized carbons (Fsp3) is 0.321. The Morgan fingerprint density at radius 3 is 2.77 bits per heavy atom. The van der Waals surface area contributed by atoms with E-state index in [0.29, 0.717) is 30.0 Å². The van der Waals surface area contributed by atoms with E-state index in [1.165, 1.54) is 11.1 Å². The number of aromatic nitrogens is 1. The summed E-state index contributed by atoms with van der Waals surface area (Å²) in [4.78, 5) is 31.0. The first kappa shape index (κ1) is 22.9. The number of aryl methyl sites for hydroxylation is 2. The van der Waals surface area contributed by atoms with Crippen LogP contribution >= 0.6 is 0 Å². The third-order valence-corrected chi connectivity index (χ3v) is 6.68. The second-order valence-electron chi connectivity index (χ2n) is 9.58. The van der Waals surface area contributed by atoms with Crippen LogP contribution in [0.1, 0.15) is 45.5 Å². The molecule has 5 rings (SSSR count). The van der Waals surface area contributed by atoms with Gasteiger partial charge in [0.05, 0.1) is 0 Å². The highest BCUT2D eigenvalue weighted by molar-refractivity contribution is 5.95. The minimum absolute atomic E-state index is 0.0207. The van der Waals surface area contributed by atoms with E-state index in [-0.39, 0.29) is 17.9 Å². The largest absolute Gasteiger partial charge is 0.457 e. The molecule has 0 spiro atoms. The molecule has 0 radical (unpaired) electrons. The van der Waals surface area contributed by atoms with Gasteiger partial charge in [-0.15, -0.1) is 0 Å². The third-order valence-electron chi connectivity index (χ3n) is 6.68. The maximum Gasteiger partial charge on any atom is 0.251 e. The lowest BCUT2D eigenvalue weighted by atomic mass is 9.88. The molecule has 1 aliphatic carbocycles. The Labute approximate surface area is 205 Å². The summed E-state index contributed by atoms with van der Waals surface area (Å²) >= 11 is 0. The Hall–Kier alpha value is -3.87. The van der Waals surface area contributed by atoms with E-state index in [0.717, 1.165) is 41.8 Å². The minimum atomic E-state index is -0.0388. The number of hydrogen-bond donors (Lipinski definition) is 2. The molecule has 0 saturated carbocycles. The number of pyridine rings is 1. The normalized spacial score (nSPS) is 16.5. The van der Waals surface area contributed by atoms with Crippen LogP contribution in [-0.4, -0.2) is 36.9 Å². The molecular formula is C28H30N4O3. The van der Waals surface area contributed by atoms with Gasteiger partial charge in [-0.3, -0.25) is 9.59 Å². The van der Waals surface area contributed by atoms with Crippen molar-refractivity contribution < 1.29 is 14.3 Å². The molecule has 0 unspecified atom stereocenters. The Morgan fingerprint density at radius 1 is 1.09 bits per heavy atom. The lowest BCUT2D eigenvalue weighted by Gasteiger charge is -2.26. The highest BCUT2D eigenvalue weighted by Crippen LogP contribution is 2.34. The van der Waals surface area contributed by atoms with Crippen molar-refractivity contribution in [3.8, 4) is 11.5 Å². The highest BCUT2D eigenvalue weighted by Gasteiger charge is 2.23. The van der Waals surface area contributed by atoms with Crippen molar-refractivity contribution in [1.29, 1.82) is 0 Å². The van der Waals surface area contributed by atoms with Gasteiger partial charge in [-0.2, -0.15) is 0 Å². The molecule has 1 aliphatic heterocycles. The Bertz CT molecular complexity index is 1300. The maximum absolute atomic E-state index is 13.0. The van der Waals surface area contributed by atoms with Gasteiger partial charge in [-0.25, -0.2) is 4.98 Å². The monoisotopic (exact) mass is 470 g/mol. The molecule has 1 aromatic heterocycles.